The molecule has 0 fully saturated rings. The summed E-state index contributed by atoms with van der Waals surface area (Å²) in [6, 6.07) is 6.16. The number of hydrogen-bond acceptors (Lipinski definition) is 3. The maximum atomic E-state index is 12.7. The zero-order chi connectivity index (χ0) is 11.5. The average Bonchev–Trinajstić information content (AvgIpc) is 2.62. The predicted octanol–water partition coefficient (Wildman–Crippen LogP) is 2.42. The number of ether oxygens (including phenoxy) is 1. The van der Waals surface area contributed by atoms with Crippen molar-refractivity contribution >= 4 is 5.82 Å². The van der Waals surface area contributed by atoms with Gasteiger partial charge in [0.15, 0.2) is 0 Å². The van der Waals surface area contributed by atoms with E-state index in [0.717, 1.165) is 0 Å². The first-order chi connectivity index (χ1) is 7.69. The van der Waals surface area contributed by atoms with Crippen LogP contribution in [0.2, 0.25) is 0 Å². The lowest BCUT2D eigenvalue weighted by molar-refractivity contribution is 0.414. The van der Waals surface area contributed by atoms with Crippen molar-refractivity contribution in [2.24, 2.45) is 0 Å². The van der Waals surface area contributed by atoms with Gasteiger partial charge in [0.2, 0.25) is 0 Å². The normalized spacial score (nSPS) is 10.4. The van der Waals surface area contributed by atoms with Crippen LogP contribution in [0.5, 0.6) is 11.8 Å². The highest BCUT2D eigenvalue weighted by molar-refractivity contribution is 5.31. The topological polar surface area (TPSA) is 53.1 Å². The Labute approximate surface area is 92.5 Å². The molecule has 2 N–H and O–H groups in total. The van der Waals surface area contributed by atoms with E-state index in [0.29, 0.717) is 24.1 Å². The van der Waals surface area contributed by atoms with Crippen LogP contribution in [0.1, 0.15) is 6.92 Å². The highest BCUT2D eigenvalue weighted by Gasteiger charge is 2.06. The number of benzene rings is 1. The summed E-state index contributed by atoms with van der Waals surface area (Å²) >= 11 is 0. The van der Waals surface area contributed by atoms with Crippen LogP contribution in [-0.4, -0.2) is 9.55 Å². The number of nitrogens with two attached hydrogens (primary N) is 1. The third-order valence-corrected chi connectivity index (χ3v) is 2.12. The van der Waals surface area contributed by atoms with Crippen LogP contribution < -0.4 is 10.5 Å². The molecule has 0 saturated heterocycles. The van der Waals surface area contributed by atoms with Crippen molar-refractivity contribution in [1.82, 2.24) is 9.55 Å². The largest absolute Gasteiger partial charge is 0.425 e. The van der Waals surface area contributed by atoms with Crippen molar-refractivity contribution in [3.8, 4) is 11.8 Å². The van der Waals surface area contributed by atoms with Crippen LogP contribution in [0.3, 0.4) is 0 Å². The molecule has 0 saturated carbocycles. The smallest absolute Gasteiger partial charge is 0.303 e. The Bertz CT molecular complexity index is 478. The van der Waals surface area contributed by atoms with E-state index in [1.165, 1.54) is 12.1 Å². The summed E-state index contributed by atoms with van der Waals surface area (Å²) in [5, 5.41) is 0. The lowest BCUT2D eigenvalue weighted by atomic mass is 10.3. The number of anilines is 1. The number of nitrogens with zero attached hydrogens (tertiary/aromatic N) is 2. The van der Waals surface area contributed by atoms with Crippen LogP contribution in [0, 0.1) is 5.82 Å². The van der Waals surface area contributed by atoms with Gasteiger partial charge in [-0.3, -0.25) is 4.57 Å². The first-order valence-corrected chi connectivity index (χ1v) is 4.95. The number of nitrogen functional groups attached to an aromatic ring is 1. The number of halogens is 1. The molecular formula is C11H12FN3O. The van der Waals surface area contributed by atoms with E-state index in [-0.39, 0.29) is 5.82 Å². The molecule has 0 spiro atoms. The summed E-state index contributed by atoms with van der Waals surface area (Å²) in [7, 11) is 0. The first kappa shape index (κ1) is 10.5. The van der Waals surface area contributed by atoms with Gasteiger partial charge in [-0.05, 0) is 31.2 Å². The van der Waals surface area contributed by atoms with E-state index in [2.05, 4.69) is 4.98 Å². The highest BCUT2D eigenvalue weighted by Crippen LogP contribution is 2.21. The molecule has 2 aromatic rings. The van der Waals surface area contributed by atoms with E-state index in [9.17, 15) is 4.39 Å². The molecule has 0 aliphatic carbocycles. The lowest BCUT2D eigenvalue weighted by Gasteiger charge is -2.05. The predicted molar refractivity (Wildman–Crippen MR) is 58.8 cm³/mol. The van der Waals surface area contributed by atoms with Gasteiger partial charge >= 0.3 is 6.01 Å². The van der Waals surface area contributed by atoms with Gasteiger partial charge in [-0.25, -0.2) is 4.39 Å². The Morgan fingerprint density at radius 2 is 2.06 bits per heavy atom. The number of aromatic nitrogens is 2. The fourth-order valence-electron chi connectivity index (χ4n) is 1.33. The minimum Gasteiger partial charge on any atom is -0.425 e. The molecule has 0 unspecified atom stereocenters. The van der Waals surface area contributed by atoms with Crippen molar-refractivity contribution in [3.63, 3.8) is 0 Å². The summed E-state index contributed by atoms with van der Waals surface area (Å²) < 4.78 is 19.9. The zero-order valence-electron chi connectivity index (χ0n) is 8.85. The summed E-state index contributed by atoms with van der Waals surface area (Å²) in [6.45, 7) is 2.67. The van der Waals surface area contributed by atoms with Crippen LogP contribution >= 0.6 is 0 Å². The van der Waals surface area contributed by atoms with E-state index < -0.39 is 0 Å². The van der Waals surface area contributed by atoms with Gasteiger partial charge in [-0.2, -0.15) is 4.98 Å². The van der Waals surface area contributed by atoms with Gasteiger partial charge < -0.3 is 10.5 Å². The monoisotopic (exact) mass is 221 g/mol. The number of hydrogen-bond donors (Lipinski definition) is 1. The van der Waals surface area contributed by atoms with Crippen molar-refractivity contribution in [3.05, 3.63) is 36.3 Å². The Kier molecular flexibility index (Phi) is 2.76. The van der Waals surface area contributed by atoms with Crippen LogP contribution in [0.25, 0.3) is 0 Å². The van der Waals surface area contributed by atoms with Crippen molar-refractivity contribution in [1.29, 1.82) is 0 Å². The second-order valence-corrected chi connectivity index (χ2v) is 3.29. The fourth-order valence-corrected chi connectivity index (χ4v) is 1.33. The molecule has 0 aliphatic rings. The van der Waals surface area contributed by atoms with E-state index in [4.69, 9.17) is 10.5 Å². The van der Waals surface area contributed by atoms with E-state index in [1.54, 1.807) is 22.9 Å². The van der Waals surface area contributed by atoms with Gasteiger partial charge in [0.05, 0.1) is 6.20 Å². The molecule has 0 radical (unpaired) electrons. The lowest BCUT2D eigenvalue weighted by Crippen LogP contribution is -1.97. The zero-order valence-corrected chi connectivity index (χ0v) is 8.85. The molecule has 4 nitrogen and oxygen atoms in total. The number of aryl methyl sites for hydroxylation is 1. The molecule has 84 valence electrons. The quantitative estimate of drug-likeness (QED) is 0.865. The molecule has 0 amide bonds. The molecule has 1 heterocycles. The van der Waals surface area contributed by atoms with Gasteiger partial charge in [-0.1, -0.05) is 0 Å². The molecule has 1 aromatic carbocycles. The van der Waals surface area contributed by atoms with Crippen LogP contribution in [0.15, 0.2) is 30.5 Å². The Balaban J connectivity index is 2.22. The van der Waals surface area contributed by atoms with Gasteiger partial charge in [0.1, 0.15) is 17.4 Å². The summed E-state index contributed by atoms with van der Waals surface area (Å²) in [5.74, 6) is 0.631. The molecule has 16 heavy (non-hydrogen) atoms. The van der Waals surface area contributed by atoms with Gasteiger partial charge in [0, 0.05) is 6.54 Å². The van der Waals surface area contributed by atoms with Crippen molar-refractivity contribution < 1.29 is 9.13 Å². The van der Waals surface area contributed by atoms with Gasteiger partial charge in [0.25, 0.3) is 0 Å². The standard InChI is InChI=1S/C11H12FN3O/c1-2-15-7-10(13)14-11(15)16-9-5-3-8(12)4-6-9/h3-7H,2,13H2,1H3. The minimum absolute atomic E-state index is 0.300. The Morgan fingerprint density at radius 3 is 2.69 bits per heavy atom. The maximum Gasteiger partial charge on any atom is 0.303 e. The van der Waals surface area contributed by atoms with Crippen molar-refractivity contribution in [2.45, 2.75) is 13.5 Å². The molecule has 1 aromatic heterocycles. The van der Waals surface area contributed by atoms with Crippen LogP contribution in [0.4, 0.5) is 10.2 Å². The minimum atomic E-state index is -0.300. The van der Waals surface area contributed by atoms with Gasteiger partial charge in [-0.15, -0.1) is 0 Å². The SMILES string of the molecule is CCn1cc(N)nc1Oc1ccc(F)cc1. The number of rotatable bonds is 3. The average molecular weight is 221 g/mol. The second kappa shape index (κ2) is 4.22. The highest BCUT2D eigenvalue weighted by atomic mass is 19.1. The summed E-state index contributed by atoms with van der Waals surface area (Å²) in [5.41, 5.74) is 5.56. The molecule has 0 atom stereocenters. The van der Waals surface area contributed by atoms with Crippen LogP contribution in [-0.2, 0) is 6.54 Å². The molecule has 5 heteroatoms. The third-order valence-electron chi connectivity index (χ3n) is 2.12. The molecular weight excluding hydrogens is 209 g/mol. The fraction of sp³-hybridized carbons (Fsp3) is 0.182. The Hall–Kier alpha value is -2.04. The maximum absolute atomic E-state index is 12.7. The second-order valence-electron chi connectivity index (χ2n) is 3.29. The molecule has 0 aliphatic heterocycles. The summed E-state index contributed by atoms with van der Waals surface area (Å²) in [4.78, 5) is 4.02. The van der Waals surface area contributed by atoms with E-state index in [1.807, 2.05) is 6.92 Å². The molecule has 0 bridgehead atoms. The van der Waals surface area contributed by atoms with Crippen molar-refractivity contribution in [2.75, 3.05) is 5.73 Å². The number of imidazole rings is 1. The Morgan fingerprint density at radius 1 is 1.38 bits per heavy atom. The third kappa shape index (κ3) is 2.13. The summed E-state index contributed by atoms with van der Waals surface area (Å²) in [6.07, 6.45) is 1.69. The first-order valence-electron chi connectivity index (χ1n) is 4.95. The molecule has 2 rings (SSSR count). The van der Waals surface area contributed by atoms with E-state index >= 15 is 0 Å².